The van der Waals surface area contributed by atoms with Crippen LogP contribution in [-0.2, 0) is 0 Å². The molecular formula is C64H58O2. The predicted octanol–water partition coefficient (Wildman–Crippen LogP) is 17.1. The lowest BCUT2D eigenvalue weighted by Gasteiger charge is -2.40. The van der Waals surface area contributed by atoms with Gasteiger partial charge in [0.15, 0.2) is 0 Å². The molecule has 0 aromatic heterocycles. The third kappa shape index (κ3) is 7.36. The maximum absolute atomic E-state index is 12.5. The number of benzene rings is 9. The van der Waals surface area contributed by atoms with Crippen LogP contribution in [-0.4, -0.2) is 16.3 Å². The van der Waals surface area contributed by atoms with Crippen molar-refractivity contribution in [2.45, 2.75) is 101 Å². The van der Waals surface area contributed by atoms with Gasteiger partial charge in [-0.25, -0.2) is 0 Å². The van der Waals surface area contributed by atoms with Crippen LogP contribution in [0.4, 0.5) is 0 Å². The van der Waals surface area contributed by atoms with Crippen LogP contribution >= 0.6 is 0 Å². The molecule has 2 nitrogen and oxygen atoms in total. The van der Waals surface area contributed by atoms with Crippen molar-refractivity contribution in [1.82, 2.24) is 0 Å². The van der Waals surface area contributed by atoms with Gasteiger partial charge in [0.05, 0.1) is 12.2 Å². The van der Waals surface area contributed by atoms with E-state index in [1.807, 2.05) is 13.0 Å². The zero-order chi connectivity index (χ0) is 44.3. The van der Waals surface area contributed by atoms with Gasteiger partial charge in [0.25, 0.3) is 0 Å². The van der Waals surface area contributed by atoms with E-state index >= 15 is 0 Å². The molecule has 2 heteroatoms. The van der Waals surface area contributed by atoms with E-state index in [2.05, 4.69) is 164 Å². The molecular weight excluding hydrogens is 801 g/mol. The zero-order valence-corrected chi connectivity index (χ0v) is 38.0. The summed E-state index contributed by atoms with van der Waals surface area (Å²) in [4.78, 5) is 0. The Bertz CT molecular complexity index is 3310. The second-order valence-electron chi connectivity index (χ2n) is 19.8. The normalized spacial score (nSPS) is 18.6. The molecule has 3 unspecified atom stereocenters. The second-order valence-corrected chi connectivity index (χ2v) is 19.8. The summed E-state index contributed by atoms with van der Waals surface area (Å²) in [6.45, 7) is 1.93. The monoisotopic (exact) mass is 858 g/mol. The van der Waals surface area contributed by atoms with Gasteiger partial charge in [-0.15, -0.1) is 0 Å². The first-order valence-electron chi connectivity index (χ1n) is 24.8. The van der Waals surface area contributed by atoms with Crippen LogP contribution in [0.3, 0.4) is 0 Å². The molecule has 0 spiro atoms. The average Bonchev–Trinajstić information content (AvgIpc) is 3.37. The summed E-state index contributed by atoms with van der Waals surface area (Å²) in [6.07, 6.45) is 14.8. The first kappa shape index (κ1) is 41.1. The minimum absolute atomic E-state index is 0.247. The van der Waals surface area contributed by atoms with Gasteiger partial charge in [0.1, 0.15) is 0 Å². The third-order valence-electron chi connectivity index (χ3n) is 15.8. The number of hydrogen-bond donors (Lipinski definition) is 2. The van der Waals surface area contributed by atoms with E-state index in [4.69, 9.17) is 0 Å². The Labute approximate surface area is 389 Å². The lowest BCUT2D eigenvalue weighted by atomic mass is 9.65. The van der Waals surface area contributed by atoms with Gasteiger partial charge in [-0.3, -0.25) is 0 Å². The molecule has 2 fully saturated rings. The maximum atomic E-state index is 12.5. The van der Waals surface area contributed by atoms with Crippen LogP contribution in [0.15, 0.2) is 170 Å². The summed E-state index contributed by atoms with van der Waals surface area (Å²) in [5, 5.41) is 34.3. The van der Waals surface area contributed by atoms with E-state index in [9.17, 15) is 10.2 Å². The Morgan fingerprint density at radius 2 is 0.727 bits per heavy atom. The minimum atomic E-state index is -0.783. The predicted molar refractivity (Wildman–Crippen MR) is 278 cm³/mol. The van der Waals surface area contributed by atoms with E-state index < -0.39 is 12.2 Å². The molecule has 12 rings (SSSR count). The Morgan fingerprint density at radius 1 is 0.364 bits per heavy atom. The van der Waals surface area contributed by atoms with Gasteiger partial charge in [-0.2, -0.15) is 0 Å². The van der Waals surface area contributed by atoms with E-state index in [0.29, 0.717) is 11.8 Å². The first-order chi connectivity index (χ1) is 32.4. The summed E-state index contributed by atoms with van der Waals surface area (Å²) >= 11 is 0. The van der Waals surface area contributed by atoms with Crippen LogP contribution in [0, 0.1) is 0 Å². The minimum Gasteiger partial charge on any atom is -0.392 e. The van der Waals surface area contributed by atoms with Crippen LogP contribution < -0.4 is 0 Å². The van der Waals surface area contributed by atoms with E-state index in [1.165, 1.54) is 150 Å². The van der Waals surface area contributed by atoms with Crippen LogP contribution in [0.2, 0.25) is 0 Å². The molecule has 3 atom stereocenters. The molecule has 0 amide bonds. The topological polar surface area (TPSA) is 40.5 Å². The van der Waals surface area contributed by atoms with E-state index in [-0.39, 0.29) is 5.92 Å². The van der Waals surface area contributed by atoms with Crippen LogP contribution in [0.1, 0.15) is 117 Å². The fourth-order valence-electron chi connectivity index (χ4n) is 12.5. The molecule has 9 aromatic carbocycles. The van der Waals surface area contributed by atoms with Crippen LogP contribution in [0.25, 0.3) is 87.6 Å². The van der Waals surface area contributed by atoms with Crippen molar-refractivity contribution in [3.63, 3.8) is 0 Å². The van der Waals surface area contributed by atoms with Gasteiger partial charge >= 0.3 is 0 Å². The van der Waals surface area contributed by atoms with Crippen molar-refractivity contribution < 1.29 is 10.2 Å². The maximum Gasteiger partial charge on any atom is 0.0981 e. The Hall–Kier alpha value is -6.32. The van der Waals surface area contributed by atoms with Crippen molar-refractivity contribution in [2.75, 3.05) is 0 Å². The number of hydrogen-bond acceptors (Lipinski definition) is 2. The molecule has 0 radical (unpaired) electrons. The highest BCUT2D eigenvalue weighted by molar-refractivity contribution is 6.01. The van der Waals surface area contributed by atoms with Crippen molar-refractivity contribution >= 4 is 43.1 Å². The molecule has 3 aliphatic rings. The Kier molecular flexibility index (Phi) is 10.7. The zero-order valence-electron chi connectivity index (χ0n) is 38.0. The van der Waals surface area contributed by atoms with Gasteiger partial charge < -0.3 is 10.2 Å². The van der Waals surface area contributed by atoms with Crippen molar-refractivity contribution in [3.05, 3.63) is 192 Å². The quantitative estimate of drug-likeness (QED) is 0.124. The summed E-state index contributed by atoms with van der Waals surface area (Å²) in [7, 11) is 0. The number of aliphatic hydroxyl groups is 2. The van der Waals surface area contributed by atoms with Gasteiger partial charge in [0.2, 0.25) is 0 Å². The molecule has 3 aliphatic carbocycles. The summed E-state index contributed by atoms with van der Waals surface area (Å²) in [5.41, 5.74) is 14.7. The highest BCUT2D eigenvalue weighted by atomic mass is 16.3. The SMILES string of the molecule is CC(O)C1C=CC(O)c2c(-c3ccc(-c4ccc5cc6ccccc6cc5c4)cc3)c(C3CCCCC3)c(C3CCCCC3)c(-c3ccc(-c4ccc5cc6ccccc6cc5c4)cc3)c21. The summed E-state index contributed by atoms with van der Waals surface area (Å²) in [6, 6.07) is 58.7. The molecule has 66 heavy (non-hydrogen) atoms. The summed E-state index contributed by atoms with van der Waals surface area (Å²) < 4.78 is 0. The highest BCUT2D eigenvalue weighted by Gasteiger charge is 2.39. The van der Waals surface area contributed by atoms with Crippen molar-refractivity contribution in [3.8, 4) is 44.5 Å². The summed E-state index contributed by atoms with van der Waals surface area (Å²) in [5.74, 6) is 0.568. The standard InChI is InChI=1S/C64H58O2/c1-40(65)57-32-33-58(66)64-62(46-26-22-42(23-27-46)52-29-31-54-35-48-17-9-11-19-50(48)37-56(54)39-52)60(44-14-6-3-7-15-44)59(43-12-4-2-5-13-43)61(63(57)64)45-24-20-41(21-25-45)51-28-30-53-34-47-16-8-10-18-49(47)36-55(53)38-51/h8-11,16-40,43-44,57-58,65-66H,2-7,12-15H2,1H3. The molecule has 9 aromatic rings. The average molecular weight is 859 g/mol. The van der Waals surface area contributed by atoms with E-state index in [1.54, 1.807) is 0 Å². The molecule has 0 saturated heterocycles. The van der Waals surface area contributed by atoms with Gasteiger partial charge in [-0.1, -0.05) is 172 Å². The van der Waals surface area contributed by atoms with Crippen molar-refractivity contribution in [1.29, 1.82) is 0 Å². The Morgan fingerprint density at radius 3 is 1.15 bits per heavy atom. The molecule has 2 N–H and O–H groups in total. The third-order valence-corrected chi connectivity index (χ3v) is 15.8. The van der Waals surface area contributed by atoms with Crippen molar-refractivity contribution in [2.24, 2.45) is 0 Å². The van der Waals surface area contributed by atoms with Gasteiger partial charge in [-0.05, 0) is 191 Å². The number of rotatable bonds is 7. The fourth-order valence-corrected chi connectivity index (χ4v) is 12.5. The van der Waals surface area contributed by atoms with Crippen LogP contribution in [0.5, 0.6) is 0 Å². The first-order valence-corrected chi connectivity index (χ1v) is 24.8. The lowest BCUT2D eigenvalue weighted by molar-refractivity contribution is 0.170. The van der Waals surface area contributed by atoms with Gasteiger partial charge in [0, 0.05) is 5.92 Å². The largest absolute Gasteiger partial charge is 0.392 e. The number of fused-ring (bicyclic) bond motifs is 5. The fraction of sp³-hybridized carbons (Fsp3) is 0.250. The molecule has 0 heterocycles. The Balaban J connectivity index is 1.04. The van der Waals surface area contributed by atoms with E-state index in [0.717, 1.165) is 24.0 Å². The molecule has 2 saturated carbocycles. The number of aliphatic hydroxyl groups excluding tert-OH is 2. The molecule has 326 valence electrons. The molecule has 0 aliphatic heterocycles. The lowest BCUT2D eigenvalue weighted by Crippen LogP contribution is -2.25. The highest BCUT2D eigenvalue weighted by Crippen LogP contribution is 2.56. The smallest absolute Gasteiger partial charge is 0.0981 e. The molecule has 0 bridgehead atoms. The second kappa shape index (κ2) is 17.2.